The van der Waals surface area contributed by atoms with Crippen LogP contribution in [-0.2, 0) is 0 Å². The molecule has 0 saturated heterocycles. The normalized spacial score (nSPS) is 11.7. The van der Waals surface area contributed by atoms with E-state index in [1.54, 1.807) is 0 Å². The summed E-state index contributed by atoms with van der Waals surface area (Å²) in [6.07, 6.45) is 0. The molecule has 0 aliphatic rings. The van der Waals surface area contributed by atoms with E-state index in [9.17, 15) is 0 Å². The van der Waals surface area contributed by atoms with Crippen LogP contribution in [-0.4, -0.2) is 4.57 Å². The minimum absolute atomic E-state index is 1.06. The lowest BCUT2D eigenvalue weighted by molar-refractivity contribution is 1.19. The minimum atomic E-state index is 1.06. The summed E-state index contributed by atoms with van der Waals surface area (Å²) >= 11 is 7.32. The number of fused-ring (bicyclic) bond motifs is 8. The molecule has 35 heavy (non-hydrogen) atoms. The summed E-state index contributed by atoms with van der Waals surface area (Å²) in [5.74, 6) is 0. The highest BCUT2D eigenvalue weighted by atomic mass is 79.9. The molecule has 3 heteroatoms. The third-order valence-corrected chi connectivity index (χ3v) is 7.76. The second-order valence-electron chi connectivity index (χ2n) is 8.88. The molecule has 0 radical (unpaired) electrons. The molecule has 1 heterocycles. The highest BCUT2D eigenvalue weighted by Gasteiger charge is 2.19. The second-order valence-corrected chi connectivity index (χ2v) is 10.7. The van der Waals surface area contributed by atoms with E-state index < -0.39 is 0 Å². The van der Waals surface area contributed by atoms with Gasteiger partial charge in [0.1, 0.15) is 0 Å². The summed E-state index contributed by atoms with van der Waals surface area (Å²) in [7, 11) is 0. The predicted octanol–water partition coefficient (Wildman–Crippen LogP) is 10.3. The maximum Gasteiger partial charge on any atom is 0.0625 e. The lowest BCUT2D eigenvalue weighted by Gasteiger charge is -2.12. The van der Waals surface area contributed by atoms with Crippen molar-refractivity contribution in [2.45, 2.75) is 0 Å². The van der Waals surface area contributed by atoms with Gasteiger partial charge in [-0.3, -0.25) is 0 Å². The zero-order chi connectivity index (χ0) is 23.5. The zero-order valence-corrected chi connectivity index (χ0v) is 21.8. The van der Waals surface area contributed by atoms with E-state index in [0.717, 1.165) is 8.95 Å². The van der Waals surface area contributed by atoms with Crippen LogP contribution in [0.3, 0.4) is 0 Å². The van der Waals surface area contributed by atoms with Gasteiger partial charge < -0.3 is 4.57 Å². The van der Waals surface area contributed by atoms with Crippen LogP contribution in [0.4, 0.5) is 0 Å². The topological polar surface area (TPSA) is 4.93 Å². The molecule has 0 amide bonds. The fraction of sp³-hybridized carbons (Fsp3) is 0. The van der Waals surface area contributed by atoms with Crippen molar-refractivity contribution in [3.8, 4) is 16.8 Å². The molecular weight excluding hydrogens is 558 g/mol. The molecule has 166 valence electrons. The molecule has 1 aromatic heterocycles. The lowest BCUT2D eigenvalue weighted by Crippen LogP contribution is -1.94. The van der Waals surface area contributed by atoms with Crippen LogP contribution < -0.4 is 0 Å². The van der Waals surface area contributed by atoms with Gasteiger partial charge in [-0.2, -0.15) is 0 Å². The molecule has 6 aromatic carbocycles. The first kappa shape index (κ1) is 20.9. The number of rotatable bonds is 2. The van der Waals surface area contributed by atoms with Crippen LogP contribution in [0, 0.1) is 0 Å². The van der Waals surface area contributed by atoms with Gasteiger partial charge in [-0.1, -0.05) is 105 Å². The molecule has 7 aromatic rings. The quantitative estimate of drug-likeness (QED) is 0.180. The number of hydrogen-bond donors (Lipinski definition) is 0. The lowest BCUT2D eigenvalue weighted by atomic mass is 9.96. The number of benzene rings is 6. The number of para-hydroxylation sites is 1. The van der Waals surface area contributed by atoms with Gasteiger partial charge in [-0.25, -0.2) is 0 Å². The second kappa shape index (κ2) is 8.08. The zero-order valence-electron chi connectivity index (χ0n) is 18.7. The Morgan fingerprint density at radius 3 is 1.77 bits per heavy atom. The first-order valence-corrected chi connectivity index (χ1v) is 13.2. The first-order valence-electron chi connectivity index (χ1n) is 11.6. The molecule has 0 spiro atoms. The average molecular weight is 577 g/mol. The van der Waals surface area contributed by atoms with E-state index in [-0.39, 0.29) is 0 Å². The van der Waals surface area contributed by atoms with Gasteiger partial charge in [-0.15, -0.1) is 0 Å². The summed E-state index contributed by atoms with van der Waals surface area (Å²) in [6.45, 7) is 0. The Labute approximate surface area is 219 Å². The van der Waals surface area contributed by atoms with Gasteiger partial charge in [0.25, 0.3) is 0 Å². The molecule has 0 aliphatic heterocycles. The fourth-order valence-corrected chi connectivity index (χ4v) is 6.72. The fourth-order valence-electron chi connectivity index (χ4n) is 5.42. The van der Waals surface area contributed by atoms with Crippen LogP contribution in [0.5, 0.6) is 0 Å². The van der Waals surface area contributed by atoms with E-state index in [2.05, 4.69) is 152 Å². The van der Waals surface area contributed by atoms with Crippen molar-refractivity contribution in [2.75, 3.05) is 0 Å². The van der Waals surface area contributed by atoms with Crippen molar-refractivity contribution in [3.05, 3.63) is 124 Å². The van der Waals surface area contributed by atoms with Crippen LogP contribution in [0.1, 0.15) is 0 Å². The van der Waals surface area contributed by atoms with Crippen molar-refractivity contribution in [3.63, 3.8) is 0 Å². The van der Waals surface area contributed by atoms with Crippen molar-refractivity contribution in [1.82, 2.24) is 4.57 Å². The summed E-state index contributed by atoms with van der Waals surface area (Å²) < 4.78 is 4.55. The summed E-state index contributed by atoms with van der Waals surface area (Å²) in [6, 6.07) is 41.6. The number of nitrogens with zero attached hydrogens (tertiary/aromatic N) is 1. The third-order valence-electron chi connectivity index (χ3n) is 6.85. The Bertz CT molecular complexity index is 1900. The monoisotopic (exact) mass is 575 g/mol. The summed E-state index contributed by atoms with van der Waals surface area (Å²) in [5, 5.41) is 7.69. The van der Waals surface area contributed by atoms with Gasteiger partial charge >= 0.3 is 0 Å². The van der Waals surface area contributed by atoms with Gasteiger partial charge in [0.15, 0.2) is 0 Å². The Kier molecular flexibility index (Phi) is 4.83. The predicted molar refractivity (Wildman–Crippen MR) is 157 cm³/mol. The summed E-state index contributed by atoms with van der Waals surface area (Å²) in [5.41, 5.74) is 6.02. The van der Waals surface area contributed by atoms with Crippen LogP contribution >= 0.6 is 31.9 Å². The third kappa shape index (κ3) is 3.26. The molecule has 0 aliphatic carbocycles. The van der Waals surface area contributed by atoms with Gasteiger partial charge in [0.05, 0.1) is 11.0 Å². The SMILES string of the molecule is Brc1cc(Br)cc(-c2ccc3c(c2)c2c4ccccc4c4ccccc4c2n3-c2ccccc2)c1. The molecule has 0 bridgehead atoms. The Morgan fingerprint density at radius 2 is 1.06 bits per heavy atom. The standard InChI is InChI=1S/C32H19Br2N/c33-22-16-21(17-23(34)19-22)20-14-15-30-29(18-20)31-27-12-6-4-10-25(27)26-11-5-7-13-28(26)32(31)35(30)24-8-2-1-3-9-24/h1-19H. The van der Waals surface area contributed by atoms with Crippen molar-refractivity contribution < 1.29 is 0 Å². The van der Waals surface area contributed by atoms with E-state index in [0.29, 0.717) is 0 Å². The van der Waals surface area contributed by atoms with Crippen LogP contribution in [0.2, 0.25) is 0 Å². The first-order chi connectivity index (χ1) is 17.2. The molecule has 7 rings (SSSR count). The summed E-state index contributed by atoms with van der Waals surface area (Å²) in [4.78, 5) is 0. The van der Waals surface area contributed by atoms with Crippen molar-refractivity contribution in [2.24, 2.45) is 0 Å². The Morgan fingerprint density at radius 1 is 0.457 bits per heavy atom. The molecular formula is C32H19Br2N. The van der Waals surface area contributed by atoms with Crippen molar-refractivity contribution >= 4 is 75.2 Å². The van der Waals surface area contributed by atoms with Crippen molar-refractivity contribution in [1.29, 1.82) is 0 Å². The smallest absolute Gasteiger partial charge is 0.0625 e. The average Bonchev–Trinajstić information content (AvgIpc) is 3.24. The minimum Gasteiger partial charge on any atom is -0.309 e. The van der Waals surface area contributed by atoms with Gasteiger partial charge in [0.2, 0.25) is 0 Å². The highest BCUT2D eigenvalue weighted by Crippen LogP contribution is 2.43. The van der Waals surface area contributed by atoms with Gasteiger partial charge in [-0.05, 0) is 69.8 Å². The molecule has 0 N–H and O–H groups in total. The maximum absolute atomic E-state index is 3.66. The number of aromatic nitrogens is 1. The van der Waals surface area contributed by atoms with Crippen LogP contribution in [0.25, 0.3) is 60.2 Å². The van der Waals surface area contributed by atoms with E-state index >= 15 is 0 Å². The Hall–Kier alpha value is -3.40. The number of hydrogen-bond acceptors (Lipinski definition) is 0. The highest BCUT2D eigenvalue weighted by molar-refractivity contribution is 9.11. The number of halogens is 2. The maximum atomic E-state index is 3.66. The molecule has 0 unspecified atom stereocenters. The van der Waals surface area contributed by atoms with Gasteiger partial charge in [0, 0.05) is 30.8 Å². The van der Waals surface area contributed by atoms with E-state index in [1.807, 2.05) is 0 Å². The van der Waals surface area contributed by atoms with E-state index in [1.165, 1.54) is 60.2 Å². The van der Waals surface area contributed by atoms with E-state index in [4.69, 9.17) is 0 Å². The largest absolute Gasteiger partial charge is 0.309 e. The van der Waals surface area contributed by atoms with Crippen LogP contribution in [0.15, 0.2) is 124 Å². The molecule has 0 fully saturated rings. The molecule has 0 saturated carbocycles. The Balaban J connectivity index is 1.72. The molecule has 0 atom stereocenters. The molecule has 1 nitrogen and oxygen atoms in total.